The fourth-order valence-corrected chi connectivity index (χ4v) is 4.31. The van der Waals surface area contributed by atoms with E-state index in [0.717, 1.165) is 0 Å². The number of ether oxygens (including phenoxy) is 2. The highest BCUT2D eigenvalue weighted by molar-refractivity contribution is 5.92. The standard InChI is InChI=1S/C22H28FN3O6/c1-31-15-3-4-16(23)14(11-15)13-22(7-5-18(27)25-22)8-6-19(28)26-10-9-24-21(30)17(26)12-20(29)32-2/h3-4,11,17H,5-10,12-13H2,1-2H3,(H,24,30)(H,25,27)/t17-,22-/m1/s1. The van der Waals surface area contributed by atoms with E-state index in [4.69, 9.17) is 4.74 Å². The van der Waals surface area contributed by atoms with Crippen LogP contribution in [0.15, 0.2) is 18.2 Å². The van der Waals surface area contributed by atoms with Gasteiger partial charge in [0.05, 0.1) is 20.6 Å². The van der Waals surface area contributed by atoms with Gasteiger partial charge in [-0.2, -0.15) is 0 Å². The van der Waals surface area contributed by atoms with Crippen LogP contribution in [-0.4, -0.2) is 67.5 Å². The molecule has 3 rings (SSSR count). The summed E-state index contributed by atoms with van der Waals surface area (Å²) in [5.74, 6) is -1.36. The third-order valence-electron chi connectivity index (χ3n) is 6.07. The summed E-state index contributed by atoms with van der Waals surface area (Å²) >= 11 is 0. The molecule has 0 aromatic heterocycles. The molecule has 0 aliphatic carbocycles. The summed E-state index contributed by atoms with van der Waals surface area (Å²) in [6, 6.07) is 3.48. The van der Waals surface area contributed by atoms with Crippen molar-refractivity contribution in [3.05, 3.63) is 29.6 Å². The van der Waals surface area contributed by atoms with Crippen molar-refractivity contribution in [1.29, 1.82) is 0 Å². The lowest BCUT2D eigenvalue weighted by molar-refractivity contribution is -0.150. The highest BCUT2D eigenvalue weighted by Gasteiger charge is 2.40. The Kier molecular flexibility index (Phi) is 7.32. The first kappa shape index (κ1) is 23.5. The first-order chi connectivity index (χ1) is 15.3. The average Bonchev–Trinajstić information content (AvgIpc) is 3.15. The molecule has 0 spiro atoms. The number of amides is 3. The van der Waals surface area contributed by atoms with Crippen LogP contribution in [-0.2, 0) is 30.3 Å². The van der Waals surface area contributed by atoms with E-state index in [0.29, 0.717) is 24.3 Å². The number of piperazine rings is 1. The first-order valence-electron chi connectivity index (χ1n) is 10.5. The van der Waals surface area contributed by atoms with Gasteiger partial charge in [-0.25, -0.2) is 4.39 Å². The number of nitrogens with one attached hydrogen (secondary N) is 2. The van der Waals surface area contributed by atoms with Crippen LogP contribution in [0.5, 0.6) is 5.75 Å². The van der Waals surface area contributed by atoms with E-state index in [2.05, 4.69) is 15.4 Å². The second kappa shape index (κ2) is 9.97. The zero-order valence-corrected chi connectivity index (χ0v) is 18.2. The Labute approximate surface area is 185 Å². The van der Waals surface area contributed by atoms with Gasteiger partial charge in [0.15, 0.2) is 0 Å². The van der Waals surface area contributed by atoms with E-state index < -0.39 is 29.3 Å². The number of hydrogen-bond acceptors (Lipinski definition) is 6. The Balaban J connectivity index is 1.73. The third kappa shape index (κ3) is 5.35. The van der Waals surface area contributed by atoms with Crippen LogP contribution in [0.1, 0.15) is 37.7 Å². The number of benzene rings is 1. The fraction of sp³-hybridized carbons (Fsp3) is 0.545. The molecule has 2 aliphatic heterocycles. The molecular formula is C22H28FN3O6. The zero-order chi connectivity index (χ0) is 23.3. The van der Waals surface area contributed by atoms with Crippen LogP contribution in [0.2, 0.25) is 0 Å². The van der Waals surface area contributed by atoms with Crippen LogP contribution < -0.4 is 15.4 Å². The Morgan fingerprint density at radius 2 is 2.06 bits per heavy atom. The van der Waals surface area contributed by atoms with E-state index in [1.807, 2.05) is 0 Å². The number of carbonyl (C=O) groups is 4. The lowest BCUT2D eigenvalue weighted by Gasteiger charge is -2.36. The highest BCUT2D eigenvalue weighted by atomic mass is 19.1. The Morgan fingerprint density at radius 1 is 1.28 bits per heavy atom. The molecule has 2 aliphatic rings. The molecule has 32 heavy (non-hydrogen) atoms. The molecule has 174 valence electrons. The molecule has 0 radical (unpaired) electrons. The predicted molar refractivity (Wildman–Crippen MR) is 111 cm³/mol. The van der Waals surface area contributed by atoms with Crippen molar-refractivity contribution in [2.24, 2.45) is 0 Å². The lowest BCUT2D eigenvalue weighted by atomic mass is 9.84. The molecule has 2 N–H and O–H groups in total. The topological polar surface area (TPSA) is 114 Å². The predicted octanol–water partition coefficient (Wildman–Crippen LogP) is 0.696. The minimum Gasteiger partial charge on any atom is -0.497 e. The molecule has 10 heteroatoms. The highest BCUT2D eigenvalue weighted by Crippen LogP contribution is 2.32. The summed E-state index contributed by atoms with van der Waals surface area (Å²) < 4.78 is 24.3. The summed E-state index contributed by atoms with van der Waals surface area (Å²) in [6.45, 7) is 0.565. The summed E-state index contributed by atoms with van der Waals surface area (Å²) in [4.78, 5) is 50.4. The minimum absolute atomic E-state index is 0.0385. The number of hydrogen-bond donors (Lipinski definition) is 2. The SMILES string of the molecule is COC(=O)C[C@@H]1C(=O)NCCN1C(=O)CC[C@@]1(Cc2cc(OC)ccc2F)CCC(=O)N1. The summed E-state index contributed by atoms with van der Waals surface area (Å²) in [6.07, 6.45) is 1.04. The molecule has 2 heterocycles. The molecule has 0 saturated carbocycles. The third-order valence-corrected chi connectivity index (χ3v) is 6.07. The molecule has 3 amide bonds. The maximum absolute atomic E-state index is 14.4. The number of halogens is 1. The Morgan fingerprint density at radius 3 is 2.72 bits per heavy atom. The zero-order valence-electron chi connectivity index (χ0n) is 18.2. The van der Waals surface area contributed by atoms with Gasteiger partial charge in [-0.15, -0.1) is 0 Å². The molecule has 2 fully saturated rings. The molecule has 0 unspecified atom stereocenters. The van der Waals surface area contributed by atoms with E-state index in [1.165, 1.54) is 31.3 Å². The van der Waals surface area contributed by atoms with Gasteiger partial charge >= 0.3 is 5.97 Å². The van der Waals surface area contributed by atoms with Crippen molar-refractivity contribution in [2.45, 2.75) is 50.1 Å². The molecule has 9 nitrogen and oxygen atoms in total. The monoisotopic (exact) mass is 449 g/mol. The van der Waals surface area contributed by atoms with Crippen LogP contribution >= 0.6 is 0 Å². The van der Waals surface area contributed by atoms with Gasteiger partial charge in [-0.3, -0.25) is 19.2 Å². The van der Waals surface area contributed by atoms with Crippen LogP contribution in [0.25, 0.3) is 0 Å². The van der Waals surface area contributed by atoms with Crippen molar-refractivity contribution in [1.82, 2.24) is 15.5 Å². The Bertz CT molecular complexity index is 908. The van der Waals surface area contributed by atoms with Gasteiger partial charge in [0.2, 0.25) is 17.7 Å². The van der Waals surface area contributed by atoms with Crippen LogP contribution in [0.4, 0.5) is 4.39 Å². The quantitative estimate of drug-likeness (QED) is 0.565. The van der Waals surface area contributed by atoms with Crippen LogP contribution in [0.3, 0.4) is 0 Å². The number of rotatable bonds is 8. The van der Waals surface area contributed by atoms with Gasteiger partial charge in [-0.1, -0.05) is 0 Å². The fourth-order valence-electron chi connectivity index (χ4n) is 4.31. The van der Waals surface area contributed by atoms with Gasteiger partial charge < -0.3 is 25.0 Å². The van der Waals surface area contributed by atoms with E-state index >= 15 is 0 Å². The molecule has 2 saturated heterocycles. The maximum atomic E-state index is 14.4. The van der Waals surface area contributed by atoms with Crippen molar-refractivity contribution < 1.29 is 33.0 Å². The van der Waals surface area contributed by atoms with E-state index in [9.17, 15) is 23.6 Å². The minimum atomic E-state index is -0.936. The van der Waals surface area contributed by atoms with Crippen molar-refractivity contribution in [2.75, 3.05) is 27.3 Å². The smallest absolute Gasteiger partial charge is 0.308 e. The summed E-state index contributed by atoms with van der Waals surface area (Å²) in [7, 11) is 2.71. The maximum Gasteiger partial charge on any atom is 0.308 e. The van der Waals surface area contributed by atoms with Gasteiger partial charge in [0.25, 0.3) is 0 Å². The molecule has 1 aromatic rings. The molecular weight excluding hydrogens is 421 g/mol. The normalized spacial score (nSPS) is 22.8. The van der Waals surface area contributed by atoms with Gasteiger partial charge in [0, 0.05) is 31.5 Å². The average molecular weight is 449 g/mol. The van der Waals surface area contributed by atoms with E-state index in [1.54, 1.807) is 6.07 Å². The van der Waals surface area contributed by atoms with Gasteiger partial charge in [0.1, 0.15) is 17.6 Å². The summed E-state index contributed by atoms with van der Waals surface area (Å²) in [5.41, 5.74) is -0.393. The largest absolute Gasteiger partial charge is 0.497 e. The second-order valence-corrected chi connectivity index (χ2v) is 8.14. The number of methoxy groups -OCH3 is 2. The number of carbonyl (C=O) groups excluding carboxylic acids is 4. The van der Waals surface area contributed by atoms with Crippen LogP contribution in [0, 0.1) is 5.82 Å². The molecule has 2 atom stereocenters. The number of esters is 1. The van der Waals surface area contributed by atoms with E-state index in [-0.39, 0.29) is 50.5 Å². The molecule has 1 aromatic carbocycles. The van der Waals surface area contributed by atoms with Crippen molar-refractivity contribution in [3.63, 3.8) is 0 Å². The second-order valence-electron chi connectivity index (χ2n) is 8.14. The first-order valence-corrected chi connectivity index (χ1v) is 10.5. The lowest BCUT2D eigenvalue weighted by Crippen LogP contribution is -2.58. The molecule has 0 bridgehead atoms. The van der Waals surface area contributed by atoms with Crippen molar-refractivity contribution in [3.8, 4) is 5.75 Å². The van der Waals surface area contributed by atoms with Gasteiger partial charge in [-0.05, 0) is 43.0 Å². The Hall–Kier alpha value is -3.17. The summed E-state index contributed by atoms with van der Waals surface area (Å²) in [5, 5.41) is 5.59. The number of nitrogens with zero attached hydrogens (tertiary/aromatic N) is 1. The van der Waals surface area contributed by atoms with Crippen molar-refractivity contribution >= 4 is 23.7 Å².